The van der Waals surface area contributed by atoms with E-state index in [4.69, 9.17) is 19.0 Å². The first-order valence-electron chi connectivity index (χ1n) is 9.72. The molecule has 0 saturated carbocycles. The molecule has 1 amide bonds. The van der Waals surface area contributed by atoms with E-state index in [1.54, 1.807) is 30.6 Å². The standard InChI is InChI=1S/C22H23N3O4S2/c1-13-14(2)29-22(23-13)31-12-21(26)25-17(11-16(24-25)20-6-5-9-30-20)15-7-8-18(27-3)19(10-15)28-4/h5-10,17H,11-12H2,1-4H3. The summed E-state index contributed by atoms with van der Waals surface area (Å²) in [6.45, 7) is 3.75. The van der Waals surface area contributed by atoms with Crippen LogP contribution in [0.25, 0.3) is 0 Å². The molecule has 0 fully saturated rings. The van der Waals surface area contributed by atoms with Gasteiger partial charge in [0.05, 0.1) is 42.3 Å². The Labute approximate surface area is 189 Å². The Hall–Kier alpha value is -2.78. The lowest BCUT2D eigenvalue weighted by molar-refractivity contribution is -0.130. The zero-order chi connectivity index (χ0) is 22.0. The summed E-state index contributed by atoms with van der Waals surface area (Å²) in [5, 5.41) is 8.78. The molecule has 1 aliphatic rings. The molecular weight excluding hydrogens is 434 g/mol. The van der Waals surface area contributed by atoms with Crippen LogP contribution in [0.5, 0.6) is 11.5 Å². The molecule has 3 aromatic rings. The van der Waals surface area contributed by atoms with E-state index in [1.807, 2.05) is 49.6 Å². The molecule has 162 valence electrons. The lowest BCUT2D eigenvalue weighted by Crippen LogP contribution is -2.28. The van der Waals surface area contributed by atoms with Crippen LogP contribution >= 0.6 is 23.1 Å². The van der Waals surface area contributed by atoms with Crippen LogP contribution < -0.4 is 9.47 Å². The zero-order valence-corrected chi connectivity index (χ0v) is 19.4. The van der Waals surface area contributed by atoms with Crippen molar-refractivity contribution >= 4 is 34.7 Å². The van der Waals surface area contributed by atoms with Crippen molar-refractivity contribution in [3.8, 4) is 11.5 Å². The van der Waals surface area contributed by atoms with Crippen molar-refractivity contribution in [1.82, 2.24) is 9.99 Å². The summed E-state index contributed by atoms with van der Waals surface area (Å²) in [7, 11) is 3.20. The smallest absolute Gasteiger partial charge is 0.256 e. The van der Waals surface area contributed by atoms with E-state index in [0.717, 1.165) is 27.6 Å². The molecule has 2 aromatic heterocycles. The van der Waals surface area contributed by atoms with E-state index in [1.165, 1.54) is 11.8 Å². The van der Waals surface area contributed by atoms with Crippen LogP contribution in [0.3, 0.4) is 0 Å². The van der Waals surface area contributed by atoms with Crippen LogP contribution in [0.1, 0.15) is 34.4 Å². The van der Waals surface area contributed by atoms with Gasteiger partial charge in [-0.15, -0.1) is 11.3 Å². The molecule has 0 aliphatic carbocycles. The second-order valence-electron chi connectivity index (χ2n) is 7.01. The Bertz CT molecular complexity index is 1090. The lowest BCUT2D eigenvalue weighted by atomic mass is 10.0. The fraction of sp³-hybridized carbons (Fsp3) is 0.318. The number of amides is 1. The van der Waals surface area contributed by atoms with Crippen molar-refractivity contribution in [2.75, 3.05) is 20.0 Å². The summed E-state index contributed by atoms with van der Waals surface area (Å²) >= 11 is 2.90. The minimum Gasteiger partial charge on any atom is -0.493 e. The topological polar surface area (TPSA) is 77.2 Å². The van der Waals surface area contributed by atoms with Gasteiger partial charge in [-0.2, -0.15) is 5.10 Å². The van der Waals surface area contributed by atoms with Crippen LogP contribution in [0.4, 0.5) is 0 Å². The molecule has 0 bridgehead atoms. The number of nitrogens with zero attached hydrogens (tertiary/aromatic N) is 3. The third-order valence-corrected chi connectivity index (χ3v) is 6.82. The molecular formula is C22H23N3O4S2. The first kappa shape index (κ1) is 21.5. The number of thioether (sulfide) groups is 1. The predicted molar refractivity (Wildman–Crippen MR) is 121 cm³/mol. The van der Waals surface area contributed by atoms with E-state index >= 15 is 0 Å². The molecule has 9 heteroatoms. The van der Waals surface area contributed by atoms with Gasteiger partial charge >= 0.3 is 0 Å². The minimum atomic E-state index is -0.224. The van der Waals surface area contributed by atoms with Crippen molar-refractivity contribution in [3.63, 3.8) is 0 Å². The molecule has 0 spiro atoms. The number of aryl methyl sites for hydroxylation is 2. The summed E-state index contributed by atoms with van der Waals surface area (Å²) in [4.78, 5) is 18.6. The van der Waals surface area contributed by atoms with Crippen molar-refractivity contribution in [2.45, 2.75) is 31.5 Å². The van der Waals surface area contributed by atoms with Gasteiger partial charge in [0.1, 0.15) is 5.76 Å². The molecule has 7 nitrogen and oxygen atoms in total. The number of hydrazone groups is 1. The third kappa shape index (κ3) is 4.47. The molecule has 0 N–H and O–H groups in total. The summed E-state index contributed by atoms with van der Waals surface area (Å²) in [5.74, 6) is 2.11. The number of hydrogen-bond donors (Lipinski definition) is 0. The van der Waals surface area contributed by atoms with Gasteiger partial charge in [0, 0.05) is 6.42 Å². The molecule has 4 rings (SSSR count). The highest BCUT2D eigenvalue weighted by atomic mass is 32.2. The van der Waals surface area contributed by atoms with Crippen LogP contribution in [0, 0.1) is 13.8 Å². The minimum absolute atomic E-state index is 0.107. The van der Waals surface area contributed by atoms with Gasteiger partial charge < -0.3 is 13.9 Å². The van der Waals surface area contributed by atoms with Gasteiger partial charge in [-0.25, -0.2) is 9.99 Å². The highest BCUT2D eigenvalue weighted by Gasteiger charge is 2.34. The van der Waals surface area contributed by atoms with Crippen LogP contribution in [-0.4, -0.2) is 41.6 Å². The van der Waals surface area contributed by atoms with Crippen LogP contribution in [0.15, 0.2) is 50.5 Å². The largest absolute Gasteiger partial charge is 0.493 e. The van der Waals surface area contributed by atoms with Crippen LogP contribution in [0.2, 0.25) is 0 Å². The summed E-state index contributed by atoms with van der Waals surface area (Å²) in [5.41, 5.74) is 2.67. The summed E-state index contributed by atoms with van der Waals surface area (Å²) in [6.07, 6.45) is 0.629. The average Bonchev–Trinajstić information content (AvgIpc) is 3.52. The molecule has 3 heterocycles. The number of hydrogen-bond acceptors (Lipinski definition) is 8. The SMILES string of the molecule is COc1ccc(C2CC(c3cccs3)=NN2C(=O)CSc2nc(C)c(C)o2)cc1OC. The van der Waals surface area contributed by atoms with Gasteiger partial charge in [-0.05, 0) is 43.0 Å². The highest BCUT2D eigenvalue weighted by Crippen LogP contribution is 2.38. The van der Waals surface area contributed by atoms with E-state index < -0.39 is 0 Å². The van der Waals surface area contributed by atoms with Crippen molar-refractivity contribution in [1.29, 1.82) is 0 Å². The first-order chi connectivity index (χ1) is 15.0. The molecule has 1 atom stereocenters. The number of benzene rings is 1. The maximum atomic E-state index is 13.2. The number of carbonyl (C=O) groups excluding carboxylic acids is 1. The Morgan fingerprint density at radius 2 is 2.06 bits per heavy atom. The van der Waals surface area contributed by atoms with E-state index in [2.05, 4.69) is 4.98 Å². The maximum absolute atomic E-state index is 13.2. The van der Waals surface area contributed by atoms with E-state index in [-0.39, 0.29) is 17.7 Å². The average molecular weight is 458 g/mol. The lowest BCUT2D eigenvalue weighted by Gasteiger charge is -2.22. The number of rotatable bonds is 7. The monoisotopic (exact) mass is 457 g/mol. The van der Waals surface area contributed by atoms with E-state index in [0.29, 0.717) is 23.1 Å². The number of carbonyl (C=O) groups is 1. The Kier molecular flexibility index (Phi) is 6.33. The first-order valence-corrected chi connectivity index (χ1v) is 11.6. The molecule has 31 heavy (non-hydrogen) atoms. The molecule has 1 aromatic carbocycles. The van der Waals surface area contributed by atoms with Gasteiger partial charge in [0.25, 0.3) is 11.1 Å². The normalized spacial score (nSPS) is 15.8. The molecule has 0 radical (unpaired) electrons. The fourth-order valence-electron chi connectivity index (χ4n) is 3.35. The summed E-state index contributed by atoms with van der Waals surface area (Å²) in [6, 6.07) is 9.50. The Morgan fingerprint density at radius 1 is 1.26 bits per heavy atom. The molecule has 1 unspecified atom stereocenters. The van der Waals surface area contributed by atoms with Crippen LogP contribution in [-0.2, 0) is 4.79 Å². The van der Waals surface area contributed by atoms with Gasteiger partial charge in [-0.1, -0.05) is 23.9 Å². The Morgan fingerprint density at radius 3 is 2.71 bits per heavy atom. The predicted octanol–water partition coefficient (Wildman–Crippen LogP) is 4.84. The molecule has 0 saturated heterocycles. The third-order valence-electron chi connectivity index (χ3n) is 5.09. The number of aromatic nitrogens is 1. The van der Waals surface area contributed by atoms with Crippen molar-refractivity contribution in [2.24, 2.45) is 5.10 Å². The quantitative estimate of drug-likeness (QED) is 0.473. The van der Waals surface area contributed by atoms with Gasteiger partial charge in [-0.3, -0.25) is 4.79 Å². The van der Waals surface area contributed by atoms with Gasteiger partial charge in [0.2, 0.25) is 0 Å². The number of ether oxygens (including phenoxy) is 2. The molecule has 1 aliphatic heterocycles. The second-order valence-corrected chi connectivity index (χ2v) is 8.88. The zero-order valence-electron chi connectivity index (χ0n) is 17.7. The Balaban J connectivity index is 1.59. The maximum Gasteiger partial charge on any atom is 0.256 e. The number of oxazole rings is 1. The highest BCUT2D eigenvalue weighted by molar-refractivity contribution is 7.99. The summed E-state index contributed by atoms with van der Waals surface area (Å²) < 4.78 is 16.4. The number of thiophene rings is 1. The van der Waals surface area contributed by atoms with Crippen molar-refractivity contribution < 1.29 is 18.7 Å². The van der Waals surface area contributed by atoms with Gasteiger partial charge in [0.15, 0.2) is 11.5 Å². The van der Waals surface area contributed by atoms with E-state index in [9.17, 15) is 4.79 Å². The van der Waals surface area contributed by atoms with Crippen molar-refractivity contribution in [3.05, 3.63) is 57.6 Å². The number of methoxy groups -OCH3 is 2. The second kappa shape index (κ2) is 9.15. The fourth-order valence-corrected chi connectivity index (χ4v) is 4.83.